The topological polar surface area (TPSA) is 67.4 Å². The molecule has 0 atom stereocenters. The second-order valence-corrected chi connectivity index (χ2v) is 4.62. The van der Waals surface area contributed by atoms with Gasteiger partial charge in [0.2, 0.25) is 5.91 Å². The van der Waals surface area contributed by atoms with Crippen molar-refractivity contribution in [2.45, 2.75) is 26.8 Å². The van der Waals surface area contributed by atoms with Crippen molar-refractivity contribution in [3.63, 3.8) is 0 Å². The van der Waals surface area contributed by atoms with E-state index in [0.717, 1.165) is 0 Å². The van der Waals surface area contributed by atoms with Crippen LogP contribution < -0.4 is 15.4 Å². The Bertz CT molecular complexity index is 510. The number of nitrogens with one attached hydrogen (secondary N) is 2. The van der Waals surface area contributed by atoms with Gasteiger partial charge < -0.3 is 15.4 Å². The van der Waals surface area contributed by atoms with Gasteiger partial charge in [-0.05, 0) is 32.0 Å². The highest BCUT2D eigenvalue weighted by Crippen LogP contribution is 2.23. The maximum atomic E-state index is 12.1. The first-order chi connectivity index (χ1) is 9.43. The van der Waals surface area contributed by atoms with Crippen LogP contribution in [0.3, 0.4) is 0 Å². The molecule has 0 bridgehead atoms. The Kier molecular flexibility index (Phi) is 5.77. The number of benzene rings is 1. The summed E-state index contributed by atoms with van der Waals surface area (Å²) in [5.41, 5.74) is 0.934. The lowest BCUT2D eigenvalue weighted by molar-refractivity contribution is -0.114. The zero-order chi connectivity index (χ0) is 15.1. The van der Waals surface area contributed by atoms with Crippen molar-refractivity contribution in [2.75, 3.05) is 11.9 Å². The van der Waals surface area contributed by atoms with E-state index in [9.17, 15) is 9.59 Å². The summed E-state index contributed by atoms with van der Waals surface area (Å²) < 4.78 is 5.46. The number of amides is 2. The van der Waals surface area contributed by atoms with E-state index in [4.69, 9.17) is 4.74 Å². The minimum Gasteiger partial charge on any atom is -0.489 e. The van der Waals surface area contributed by atoms with Gasteiger partial charge in [-0.1, -0.05) is 12.7 Å². The number of ether oxygens (including phenoxy) is 1. The van der Waals surface area contributed by atoms with E-state index in [1.807, 2.05) is 13.8 Å². The molecule has 0 fully saturated rings. The number of carbonyl (C=O) groups is 2. The predicted molar refractivity (Wildman–Crippen MR) is 79.0 cm³/mol. The molecule has 0 spiro atoms. The molecule has 1 aromatic rings. The van der Waals surface area contributed by atoms with E-state index in [0.29, 0.717) is 23.6 Å². The fraction of sp³-hybridized carbons (Fsp3) is 0.333. The molecule has 5 nitrogen and oxygen atoms in total. The predicted octanol–water partition coefficient (Wildman–Crippen LogP) is 2.35. The molecule has 2 amide bonds. The van der Waals surface area contributed by atoms with Crippen molar-refractivity contribution in [2.24, 2.45) is 0 Å². The molecule has 0 radical (unpaired) electrons. The second kappa shape index (κ2) is 7.33. The maximum absolute atomic E-state index is 12.1. The van der Waals surface area contributed by atoms with Crippen molar-refractivity contribution in [1.29, 1.82) is 0 Å². The minimum atomic E-state index is -0.244. The lowest BCUT2D eigenvalue weighted by Crippen LogP contribution is -2.30. The molecule has 0 saturated heterocycles. The molecule has 5 heteroatoms. The Labute approximate surface area is 119 Å². The van der Waals surface area contributed by atoms with Crippen molar-refractivity contribution in [3.8, 4) is 5.75 Å². The smallest absolute Gasteiger partial charge is 0.255 e. The molecule has 0 aliphatic carbocycles. The first-order valence-corrected chi connectivity index (χ1v) is 6.40. The van der Waals surface area contributed by atoms with Gasteiger partial charge >= 0.3 is 0 Å². The zero-order valence-electron chi connectivity index (χ0n) is 12.0. The fourth-order valence-electron chi connectivity index (χ4n) is 1.60. The summed E-state index contributed by atoms with van der Waals surface area (Å²) in [6, 6.07) is 4.95. The molecule has 2 N–H and O–H groups in total. The SMILES string of the molecule is C=CCOc1ccc(NC(C)=O)cc1C(=O)NC(C)C. The number of anilines is 1. The van der Waals surface area contributed by atoms with E-state index >= 15 is 0 Å². The van der Waals surface area contributed by atoms with E-state index in [2.05, 4.69) is 17.2 Å². The highest BCUT2D eigenvalue weighted by Gasteiger charge is 2.14. The van der Waals surface area contributed by atoms with Gasteiger partial charge in [0.15, 0.2) is 0 Å². The van der Waals surface area contributed by atoms with Crippen LogP contribution in [0.4, 0.5) is 5.69 Å². The average molecular weight is 276 g/mol. The normalized spacial score (nSPS) is 10.0. The number of carbonyl (C=O) groups excluding carboxylic acids is 2. The van der Waals surface area contributed by atoms with Gasteiger partial charge in [0, 0.05) is 18.7 Å². The Morgan fingerprint density at radius 2 is 2.10 bits per heavy atom. The quantitative estimate of drug-likeness (QED) is 0.784. The van der Waals surface area contributed by atoms with Crippen LogP contribution in [0.5, 0.6) is 5.75 Å². The average Bonchev–Trinajstić information content (AvgIpc) is 2.35. The van der Waals surface area contributed by atoms with E-state index in [-0.39, 0.29) is 17.9 Å². The van der Waals surface area contributed by atoms with Gasteiger partial charge in [-0.15, -0.1) is 0 Å². The molecular weight excluding hydrogens is 256 g/mol. The Morgan fingerprint density at radius 1 is 1.40 bits per heavy atom. The molecule has 1 aromatic carbocycles. The molecule has 0 heterocycles. The lowest BCUT2D eigenvalue weighted by atomic mass is 10.1. The fourth-order valence-corrected chi connectivity index (χ4v) is 1.60. The summed E-state index contributed by atoms with van der Waals surface area (Å²) in [7, 11) is 0. The molecule has 20 heavy (non-hydrogen) atoms. The van der Waals surface area contributed by atoms with Crippen molar-refractivity contribution >= 4 is 17.5 Å². The molecule has 0 aliphatic rings. The molecule has 0 unspecified atom stereocenters. The third-order valence-electron chi connectivity index (χ3n) is 2.32. The van der Waals surface area contributed by atoms with Gasteiger partial charge in [0.05, 0.1) is 5.56 Å². The largest absolute Gasteiger partial charge is 0.489 e. The minimum absolute atomic E-state index is 0.0131. The zero-order valence-corrected chi connectivity index (χ0v) is 12.0. The van der Waals surface area contributed by atoms with E-state index in [1.165, 1.54) is 6.92 Å². The first-order valence-electron chi connectivity index (χ1n) is 6.40. The van der Waals surface area contributed by atoms with Gasteiger partial charge in [-0.25, -0.2) is 0 Å². The Hall–Kier alpha value is -2.30. The summed E-state index contributed by atoms with van der Waals surface area (Å²) in [4.78, 5) is 23.2. The third-order valence-corrected chi connectivity index (χ3v) is 2.32. The number of hydrogen-bond donors (Lipinski definition) is 2. The van der Waals surface area contributed by atoms with Crippen LogP contribution in [0.15, 0.2) is 30.9 Å². The third kappa shape index (κ3) is 4.76. The second-order valence-electron chi connectivity index (χ2n) is 4.62. The Morgan fingerprint density at radius 3 is 2.65 bits per heavy atom. The molecule has 1 rings (SSSR count). The highest BCUT2D eigenvalue weighted by atomic mass is 16.5. The van der Waals surface area contributed by atoms with E-state index < -0.39 is 0 Å². The molecule has 0 aliphatic heterocycles. The summed E-state index contributed by atoms with van der Waals surface area (Å²) >= 11 is 0. The van der Waals surface area contributed by atoms with Gasteiger partial charge in [0.1, 0.15) is 12.4 Å². The summed E-state index contributed by atoms with van der Waals surface area (Å²) in [5.74, 6) is 0.0170. The van der Waals surface area contributed by atoms with Gasteiger partial charge in [-0.2, -0.15) is 0 Å². The van der Waals surface area contributed by atoms with Crippen LogP contribution in [0.2, 0.25) is 0 Å². The van der Waals surface area contributed by atoms with Crippen LogP contribution in [0, 0.1) is 0 Å². The van der Waals surface area contributed by atoms with Gasteiger partial charge in [0.25, 0.3) is 5.91 Å². The van der Waals surface area contributed by atoms with E-state index in [1.54, 1.807) is 24.3 Å². The highest BCUT2D eigenvalue weighted by molar-refractivity contribution is 5.99. The summed E-state index contributed by atoms with van der Waals surface area (Å²) in [6.45, 7) is 9.04. The maximum Gasteiger partial charge on any atom is 0.255 e. The van der Waals surface area contributed by atoms with Crippen LogP contribution in [-0.2, 0) is 4.79 Å². The Balaban J connectivity index is 3.07. The number of rotatable bonds is 6. The van der Waals surface area contributed by atoms with Crippen molar-refractivity contribution in [3.05, 3.63) is 36.4 Å². The lowest BCUT2D eigenvalue weighted by Gasteiger charge is -2.14. The molecule has 108 valence electrons. The first kappa shape index (κ1) is 15.8. The standard InChI is InChI=1S/C15H20N2O3/c1-5-8-20-14-7-6-12(17-11(4)18)9-13(14)15(19)16-10(2)3/h5-7,9-10H,1,8H2,2-4H3,(H,16,19)(H,17,18). The van der Waals surface area contributed by atoms with Crippen LogP contribution in [0.1, 0.15) is 31.1 Å². The monoisotopic (exact) mass is 276 g/mol. The molecule has 0 saturated carbocycles. The number of hydrogen-bond acceptors (Lipinski definition) is 3. The van der Waals surface area contributed by atoms with Crippen LogP contribution in [0.25, 0.3) is 0 Å². The van der Waals surface area contributed by atoms with Gasteiger partial charge in [-0.3, -0.25) is 9.59 Å². The molecular formula is C15H20N2O3. The molecule has 0 aromatic heterocycles. The summed E-state index contributed by atoms with van der Waals surface area (Å²) in [6.07, 6.45) is 1.60. The van der Waals surface area contributed by atoms with Crippen LogP contribution in [-0.4, -0.2) is 24.5 Å². The van der Waals surface area contributed by atoms with Crippen molar-refractivity contribution in [1.82, 2.24) is 5.32 Å². The summed E-state index contributed by atoms with van der Waals surface area (Å²) in [5, 5.41) is 5.44. The van der Waals surface area contributed by atoms with Crippen molar-refractivity contribution < 1.29 is 14.3 Å². The van der Waals surface area contributed by atoms with Crippen LogP contribution >= 0.6 is 0 Å².